The van der Waals surface area contributed by atoms with Crippen molar-refractivity contribution in [3.63, 3.8) is 0 Å². The van der Waals surface area contributed by atoms with Gasteiger partial charge in [-0.3, -0.25) is 0 Å². The SMILES string of the molecule is CC(C)NC1(c2nc(C(F)(F)F)c[nH]2)CC1. The van der Waals surface area contributed by atoms with Crippen LogP contribution < -0.4 is 5.32 Å². The molecule has 0 spiro atoms. The summed E-state index contributed by atoms with van der Waals surface area (Å²) in [6, 6.07) is 0.224. The molecule has 0 aromatic carbocycles. The molecular formula is C10H14F3N3. The van der Waals surface area contributed by atoms with Crippen LogP contribution in [0.4, 0.5) is 13.2 Å². The van der Waals surface area contributed by atoms with E-state index in [1.165, 1.54) is 0 Å². The predicted octanol–water partition coefficient (Wildman–Crippen LogP) is 2.42. The zero-order chi connectivity index (χ0) is 12.0. The number of nitrogens with one attached hydrogen (secondary N) is 2. The van der Waals surface area contributed by atoms with Gasteiger partial charge in [-0.2, -0.15) is 13.2 Å². The van der Waals surface area contributed by atoms with E-state index >= 15 is 0 Å². The number of H-pyrrole nitrogens is 1. The second kappa shape index (κ2) is 3.48. The van der Waals surface area contributed by atoms with Crippen LogP contribution in [-0.2, 0) is 11.7 Å². The van der Waals surface area contributed by atoms with Gasteiger partial charge in [-0.1, -0.05) is 0 Å². The van der Waals surface area contributed by atoms with Crippen LogP contribution in [0.1, 0.15) is 38.2 Å². The van der Waals surface area contributed by atoms with Crippen LogP contribution in [0.2, 0.25) is 0 Å². The summed E-state index contributed by atoms with van der Waals surface area (Å²) in [5.41, 5.74) is -1.21. The molecule has 0 unspecified atom stereocenters. The van der Waals surface area contributed by atoms with E-state index in [9.17, 15) is 13.2 Å². The third kappa shape index (κ3) is 2.07. The molecule has 0 aliphatic heterocycles. The van der Waals surface area contributed by atoms with Gasteiger partial charge in [0.1, 0.15) is 5.82 Å². The Labute approximate surface area is 91.5 Å². The summed E-state index contributed by atoms with van der Waals surface area (Å²) in [5.74, 6) is 0.397. The molecule has 6 heteroatoms. The summed E-state index contributed by atoms with van der Waals surface area (Å²) in [6.07, 6.45) is -1.79. The van der Waals surface area contributed by atoms with Gasteiger partial charge >= 0.3 is 6.18 Å². The molecule has 1 aliphatic rings. The first-order valence-corrected chi connectivity index (χ1v) is 5.24. The van der Waals surface area contributed by atoms with Gasteiger partial charge in [0.05, 0.1) is 5.54 Å². The standard InChI is InChI=1S/C10H14F3N3/c1-6(2)16-9(3-4-9)8-14-5-7(15-8)10(11,12)13/h5-6,16H,3-4H2,1-2H3,(H,14,15). The summed E-state index contributed by atoms with van der Waals surface area (Å²) in [6.45, 7) is 3.93. The normalized spacial score (nSPS) is 19.1. The molecule has 2 N–H and O–H groups in total. The summed E-state index contributed by atoms with van der Waals surface area (Å²) < 4.78 is 37.1. The molecule has 3 nitrogen and oxygen atoms in total. The van der Waals surface area contributed by atoms with Gasteiger partial charge in [0.15, 0.2) is 5.69 Å². The van der Waals surface area contributed by atoms with Gasteiger partial charge in [0.2, 0.25) is 0 Å². The van der Waals surface area contributed by atoms with Crippen LogP contribution in [0.25, 0.3) is 0 Å². The Balaban J connectivity index is 2.19. The zero-order valence-corrected chi connectivity index (χ0v) is 9.15. The molecule has 2 rings (SSSR count). The van der Waals surface area contributed by atoms with Crippen molar-refractivity contribution in [2.24, 2.45) is 0 Å². The van der Waals surface area contributed by atoms with Crippen molar-refractivity contribution in [3.8, 4) is 0 Å². The Morgan fingerprint density at radius 3 is 2.44 bits per heavy atom. The fourth-order valence-corrected chi connectivity index (χ4v) is 1.84. The number of hydrogen-bond acceptors (Lipinski definition) is 2. The summed E-state index contributed by atoms with van der Waals surface area (Å²) in [4.78, 5) is 6.25. The molecule has 1 fully saturated rings. The molecule has 0 amide bonds. The maximum absolute atomic E-state index is 12.4. The lowest BCUT2D eigenvalue weighted by Crippen LogP contribution is -2.35. The van der Waals surface area contributed by atoms with E-state index in [1.54, 1.807) is 0 Å². The highest BCUT2D eigenvalue weighted by Crippen LogP contribution is 2.45. The van der Waals surface area contributed by atoms with Crippen molar-refractivity contribution in [3.05, 3.63) is 17.7 Å². The predicted molar refractivity (Wildman–Crippen MR) is 52.8 cm³/mol. The highest BCUT2D eigenvalue weighted by molar-refractivity contribution is 5.20. The Morgan fingerprint density at radius 2 is 2.06 bits per heavy atom. The molecule has 1 aromatic heterocycles. The van der Waals surface area contributed by atoms with E-state index in [4.69, 9.17) is 0 Å². The van der Waals surface area contributed by atoms with Crippen LogP contribution in [-0.4, -0.2) is 16.0 Å². The Hall–Kier alpha value is -1.04. The van der Waals surface area contributed by atoms with E-state index in [-0.39, 0.29) is 11.6 Å². The molecule has 1 heterocycles. The number of hydrogen-bond donors (Lipinski definition) is 2. The topological polar surface area (TPSA) is 40.7 Å². The Kier molecular flexibility index (Phi) is 2.49. The van der Waals surface area contributed by atoms with Gasteiger partial charge in [0, 0.05) is 12.2 Å². The van der Waals surface area contributed by atoms with Crippen LogP contribution in [0.3, 0.4) is 0 Å². The van der Waals surface area contributed by atoms with Crippen molar-refractivity contribution in [1.82, 2.24) is 15.3 Å². The van der Waals surface area contributed by atoms with Gasteiger partial charge in [-0.05, 0) is 26.7 Å². The number of nitrogens with zero attached hydrogens (tertiary/aromatic N) is 1. The van der Waals surface area contributed by atoms with E-state index in [0.717, 1.165) is 19.0 Å². The van der Waals surface area contributed by atoms with Gasteiger partial charge in [0.25, 0.3) is 0 Å². The second-order valence-corrected chi connectivity index (χ2v) is 4.51. The second-order valence-electron chi connectivity index (χ2n) is 4.51. The summed E-state index contributed by atoms with van der Waals surface area (Å²) in [5, 5.41) is 3.25. The van der Waals surface area contributed by atoms with Crippen molar-refractivity contribution in [2.75, 3.05) is 0 Å². The average Bonchev–Trinajstić information content (AvgIpc) is 2.73. The number of alkyl halides is 3. The van der Waals surface area contributed by atoms with Crippen molar-refractivity contribution < 1.29 is 13.2 Å². The fraction of sp³-hybridized carbons (Fsp3) is 0.700. The number of rotatable bonds is 3. The van der Waals surface area contributed by atoms with Crippen molar-refractivity contribution in [1.29, 1.82) is 0 Å². The molecule has 0 radical (unpaired) electrons. The average molecular weight is 233 g/mol. The molecule has 1 aliphatic carbocycles. The van der Waals surface area contributed by atoms with Crippen LogP contribution in [0.15, 0.2) is 6.20 Å². The lowest BCUT2D eigenvalue weighted by Gasteiger charge is -2.17. The molecule has 1 saturated carbocycles. The number of aromatic amines is 1. The quantitative estimate of drug-likeness (QED) is 0.841. The lowest BCUT2D eigenvalue weighted by atomic mass is 10.2. The van der Waals surface area contributed by atoms with Crippen LogP contribution >= 0.6 is 0 Å². The van der Waals surface area contributed by atoms with E-state index < -0.39 is 11.9 Å². The fourth-order valence-electron chi connectivity index (χ4n) is 1.84. The summed E-state index contributed by atoms with van der Waals surface area (Å²) in [7, 11) is 0. The van der Waals surface area contributed by atoms with Crippen LogP contribution in [0, 0.1) is 0 Å². The molecule has 1 aromatic rings. The first-order valence-electron chi connectivity index (χ1n) is 5.24. The van der Waals surface area contributed by atoms with Crippen molar-refractivity contribution in [2.45, 2.75) is 44.4 Å². The highest BCUT2D eigenvalue weighted by Gasteiger charge is 2.48. The Morgan fingerprint density at radius 1 is 1.44 bits per heavy atom. The monoisotopic (exact) mass is 233 g/mol. The maximum atomic E-state index is 12.4. The van der Waals surface area contributed by atoms with Gasteiger partial charge in [-0.25, -0.2) is 4.98 Å². The van der Waals surface area contributed by atoms with Gasteiger partial charge in [-0.15, -0.1) is 0 Å². The highest BCUT2D eigenvalue weighted by atomic mass is 19.4. The molecule has 0 saturated heterocycles. The van der Waals surface area contributed by atoms with E-state index in [1.807, 2.05) is 13.8 Å². The maximum Gasteiger partial charge on any atom is 0.434 e. The number of imidazole rings is 1. The third-order valence-electron chi connectivity index (χ3n) is 2.64. The van der Waals surface area contributed by atoms with Crippen LogP contribution in [0.5, 0.6) is 0 Å². The molecule has 90 valence electrons. The first kappa shape index (κ1) is 11.4. The molecule has 0 bridgehead atoms. The summed E-state index contributed by atoms with van der Waals surface area (Å²) >= 11 is 0. The van der Waals surface area contributed by atoms with E-state index in [0.29, 0.717) is 5.82 Å². The minimum atomic E-state index is -4.37. The minimum Gasteiger partial charge on any atom is -0.346 e. The minimum absolute atomic E-state index is 0.224. The first-order chi connectivity index (χ1) is 7.33. The van der Waals surface area contributed by atoms with Gasteiger partial charge < -0.3 is 10.3 Å². The van der Waals surface area contributed by atoms with Crippen molar-refractivity contribution >= 4 is 0 Å². The smallest absolute Gasteiger partial charge is 0.346 e. The number of aromatic nitrogens is 2. The Bertz CT molecular complexity index is 377. The molecular weight excluding hydrogens is 219 g/mol. The third-order valence-corrected chi connectivity index (χ3v) is 2.64. The van der Waals surface area contributed by atoms with E-state index in [2.05, 4.69) is 15.3 Å². The zero-order valence-electron chi connectivity index (χ0n) is 9.15. The largest absolute Gasteiger partial charge is 0.434 e. The lowest BCUT2D eigenvalue weighted by molar-refractivity contribution is -0.141. The molecule has 0 atom stereocenters. The number of halogens is 3. The molecule has 16 heavy (non-hydrogen) atoms.